The fourth-order valence-corrected chi connectivity index (χ4v) is 3.97. The van der Waals surface area contributed by atoms with Gasteiger partial charge in [0.05, 0.1) is 5.39 Å². The van der Waals surface area contributed by atoms with Gasteiger partial charge in [-0.3, -0.25) is 0 Å². The van der Waals surface area contributed by atoms with Crippen molar-refractivity contribution in [2.45, 2.75) is 63.0 Å². The number of aromatic amines is 1. The Balaban J connectivity index is 1.32. The summed E-state index contributed by atoms with van der Waals surface area (Å²) >= 11 is 0. The van der Waals surface area contributed by atoms with Crippen LogP contribution in [0.5, 0.6) is 0 Å². The van der Waals surface area contributed by atoms with Gasteiger partial charge in [-0.15, -0.1) is 0 Å². The standard InChI is InChI=1S/C21H23F3N6/c22-18-12(1-4-16(30-18)28-15-5-7-21(23,24)8-6-15)9-13-10-25-19-17(13)20(27-11-26-19)29-14-2-3-14/h1,4,10-11,14-15H,2-3,5-9H2,(H,28,30)(H2,25,26,27,29). The molecule has 0 spiro atoms. The summed E-state index contributed by atoms with van der Waals surface area (Å²) in [6.45, 7) is 0. The van der Waals surface area contributed by atoms with Crippen LogP contribution in [0.15, 0.2) is 24.7 Å². The minimum atomic E-state index is -2.59. The number of nitrogens with one attached hydrogen (secondary N) is 3. The number of alkyl halides is 2. The normalized spacial score (nSPS) is 19.2. The molecule has 3 N–H and O–H groups in total. The van der Waals surface area contributed by atoms with Gasteiger partial charge in [0, 0.05) is 43.1 Å². The van der Waals surface area contributed by atoms with E-state index in [1.165, 1.54) is 6.33 Å². The Bertz CT molecular complexity index is 1050. The average Bonchev–Trinajstić information content (AvgIpc) is 3.44. The molecular weight excluding hydrogens is 393 g/mol. The average molecular weight is 416 g/mol. The lowest BCUT2D eigenvalue weighted by molar-refractivity contribution is -0.0361. The first-order chi connectivity index (χ1) is 14.5. The first kappa shape index (κ1) is 19.1. The number of halogens is 3. The number of hydrogen-bond acceptors (Lipinski definition) is 5. The van der Waals surface area contributed by atoms with E-state index in [-0.39, 0.29) is 18.9 Å². The van der Waals surface area contributed by atoms with Crippen LogP contribution in [0.4, 0.5) is 24.8 Å². The van der Waals surface area contributed by atoms with Gasteiger partial charge < -0.3 is 15.6 Å². The second-order valence-electron chi connectivity index (χ2n) is 8.28. The molecule has 0 aliphatic heterocycles. The molecule has 2 aliphatic rings. The maximum atomic E-state index is 14.7. The van der Waals surface area contributed by atoms with Crippen LogP contribution in [0.2, 0.25) is 0 Å². The summed E-state index contributed by atoms with van der Waals surface area (Å²) in [5, 5.41) is 7.36. The lowest BCUT2D eigenvalue weighted by Gasteiger charge is -2.29. The summed E-state index contributed by atoms with van der Waals surface area (Å²) in [5.41, 5.74) is 2.06. The Morgan fingerprint density at radius 3 is 2.50 bits per heavy atom. The van der Waals surface area contributed by atoms with E-state index in [0.29, 0.717) is 42.3 Å². The van der Waals surface area contributed by atoms with Gasteiger partial charge in [0.2, 0.25) is 11.9 Å². The Hall–Kier alpha value is -2.84. The molecule has 0 saturated heterocycles. The first-order valence-corrected chi connectivity index (χ1v) is 10.3. The molecule has 3 aromatic rings. The van der Waals surface area contributed by atoms with E-state index in [1.807, 2.05) is 6.20 Å². The zero-order valence-corrected chi connectivity index (χ0v) is 16.4. The van der Waals surface area contributed by atoms with E-state index in [0.717, 1.165) is 29.6 Å². The van der Waals surface area contributed by atoms with Crippen molar-refractivity contribution in [3.8, 4) is 0 Å². The maximum absolute atomic E-state index is 14.7. The van der Waals surface area contributed by atoms with Crippen LogP contribution in [0, 0.1) is 5.95 Å². The molecule has 0 radical (unpaired) electrons. The molecule has 0 bridgehead atoms. The molecule has 3 aromatic heterocycles. The van der Waals surface area contributed by atoms with Crippen molar-refractivity contribution in [3.05, 3.63) is 41.7 Å². The molecule has 5 rings (SSSR count). The molecule has 158 valence electrons. The van der Waals surface area contributed by atoms with Gasteiger partial charge in [-0.1, -0.05) is 6.07 Å². The van der Waals surface area contributed by atoms with E-state index in [1.54, 1.807) is 12.1 Å². The lowest BCUT2D eigenvalue weighted by Crippen LogP contribution is -2.32. The number of H-pyrrole nitrogens is 1. The Kier molecular flexibility index (Phi) is 4.75. The monoisotopic (exact) mass is 416 g/mol. The van der Waals surface area contributed by atoms with Crippen molar-refractivity contribution in [2.24, 2.45) is 0 Å². The minimum absolute atomic E-state index is 0.107. The first-order valence-electron chi connectivity index (χ1n) is 10.3. The van der Waals surface area contributed by atoms with Crippen molar-refractivity contribution >= 4 is 22.7 Å². The van der Waals surface area contributed by atoms with Gasteiger partial charge in [-0.05, 0) is 37.3 Å². The predicted octanol–water partition coefficient (Wildman–Crippen LogP) is 4.65. The van der Waals surface area contributed by atoms with E-state index >= 15 is 0 Å². The zero-order valence-electron chi connectivity index (χ0n) is 16.4. The van der Waals surface area contributed by atoms with Crippen LogP contribution in [-0.2, 0) is 6.42 Å². The molecule has 6 nitrogen and oxygen atoms in total. The van der Waals surface area contributed by atoms with Crippen molar-refractivity contribution < 1.29 is 13.2 Å². The smallest absolute Gasteiger partial charge is 0.248 e. The summed E-state index contributed by atoms with van der Waals surface area (Å²) in [4.78, 5) is 15.8. The van der Waals surface area contributed by atoms with Crippen LogP contribution in [0.3, 0.4) is 0 Å². The third-order valence-corrected chi connectivity index (χ3v) is 5.85. The number of nitrogens with zero attached hydrogens (tertiary/aromatic N) is 3. The number of hydrogen-bond donors (Lipinski definition) is 3. The summed E-state index contributed by atoms with van der Waals surface area (Å²) in [6.07, 6.45) is 6.34. The van der Waals surface area contributed by atoms with E-state index < -0.39 is 11.9 Å². The van der Waals surface area contributed by atoms with Crippen molar-refractivity contribution in [1.82, 2.24) is 19.9 Å². The summed E-state index contributed by atoms with van der Waals surface area (Å²) in [5.74, 6) is -2.01. The lowest BCUT2D eigenvalue weighted by atomic mass is 9.92. The van der Waals surface area contributed by atoms with Crippen LogP contribution in [0.25, 0.3) is 11.0 Å². The highest BCUT2D eigenvalue weighted by Gasteiger charge is 2.35. The molecule has 0 amide bonds. The van der Waals surface area contributed by atoms with Crippen molar-refractivity contribution in [1.29, 1.82) is 0 Å². The summed E-state index contributed by atoms with van der Waals surface area (Å²) in [6, 6.07) is 3.73. The third-order valence-electron chi connectivity index (χ3n) is 5.85. The Labute approximate surface area is 171 Å². The maximum Gasteiger partial charge on any atom is 0.248 e. The third kappa shape index (κ3) is 4.06. The number of fused-ring (bicyclic) bond motifs is 1. The second-order valence-corrected chi connectivity index (χ2v) is 8.28. The number of pyridine rings is 1. The van der Waals surface area contributed by atoms with Crippen molar-refractivity contribution in [2.75, 3.05) is 10.6 Å². The number of aromatic nitrogens is 4. The predicted molar refractivity (Wildman–Crippen MR) is 108 cm³/mol. The zero-order chi connectivity index (χ0) is 20.7. The van der Waals surface area contributed by atoms with Gasteiger partial charge in [0.25, 0.3) is 0 Å². The molecule has 9 heteroatoms. The van der Waals surface area contributed by atoms with Gasteiger partial charge >= 0.3 is 0 Å². The highest BCUT2D eigenvalue weighted by atomic mass is 19.3. The fraction of sp³-hybridized carbons (Fsp3) is 0.476. The van der Waals surface area contributed by atoms with Gasteiger partial charge in [0.15, 0.2) is 0 Å². The Morgan fingerprint density at radius 1 is 1.00 bits per heavy atom. The topological polar surface area (TPSA) is 78.5 Å². The quantitative estimate of drug-likeness (QED) is 0.510. The Morgan fingerprint density at radius 2 is 1.77 bits per heavy atom. The number of anilines is 2. The molecule has 2 saturated carbocycles. The molecule has 2 aliphatic carbocycles. The molecule has 0 unspecified atom stereocenters. The molecule has 0 aromatic carbocycles. The van der Waals surface area contributed by atoms with Crippen LogP contribution in [-0.4, -0.2) is 37.9 Å². The second kappa shape index (κ2) is 7.45. The molecule has 3 heterocycles. The highest BCUT2D eigenvalue weighted by molar-refractivity contribution is 5.90. The van der Waals surface area contributed by atoms with Crippen LogP contribution >= 0.6 is 0 Å². The van der Waals surface area contributed by atoms with E-state index in [4.69, 9.17) is 0 Å². The van der Waals surface area contributed by atoms with E-state index in [9.17, 15) is 13.2 Å². The molecular formula is C21H23F3N6. The molecule has 30 heavy (non-hydrogen) atoms. The van der Waals surface area contributed by atoms with Crippen LogP contribution in [0.1, 0.15) is 49.7 Å². The highest BCUT2D eigenvalue weighted by Crippen LogP contribution is 2.34. The van der Waals surface area contributed by atoms with Crippen molar-refractivity contribution in [3.63, 3.8) is 0 Å². The SMILES string of the molecule is Fc1nc(NC2CCC(F)(F)CC2)ccc1Cc1c[nH]c2ncnc(NC3CC3)c12. The van der Waals surface area contributed by atoms with E-state index in [2.05, 4.69) is 30.6 Å². The van der Waals surface area contributed by atoms with Gasteiger partial charge in [0.1, 0.15) is 23.6 Å². The number of rotatable bonds is 6. The fourth-order valence-electron chi connectivity index (χ4n) is 3.97. The minimum Gasteiger partial charge on any atom is -0.367 e. The summed E-state index contributed by atoms with van der Waals surface area (Å²) < 4.78 is 41.3. The molecule has 0 atom stereocenters. The van der Waals surface area contributed by atoms with Gasteiger partial charge in [-0.2, -0.15) is 4.39 Å². The van der Waals surface area contributed by atoms with Gasteiger partial charge in [-0.25, -0.2) is 23.7 Å². The largest absolute Gasteiger partial charge is 0.367 e. The summed E-state index contributed by atoms with van der Waals surface area (Å²) in [7, 11) is 0. The van der Waals surface area contributed by atoms with Crippen LogP contribution < -0.4 is 10.6 Å². The molecule has 2 fully saturated rings.